The van der Waals surface area contributed by atoms with Crippen LogP contribution in [0, 0.1) is 17.1 Å². The average molecular weight is 429 g/mol. The second kappa shape index (κ2) is 11.0. The van der Waals surface area contributed by atoms with E-state index in [1.807, 2.05) is 0 Å². The van der Waals surface area contributed by atoms with Gasteiger partial charge < -0.3 is 30.0 Å². The minimum atomic E-state index is -0.501. The number of halogens is 1. The maximum atomic E-state index is 13.2. The van der Waals surface area contributed by atoms with Crippen molar-refractivity contribution in [1.82, 2.24) is 4.90 Å². The van der Waals surface area contributed by atoms with Crippen molar-refractivity contribution in [2.75, 3.05) is 40.0 Å². The molecular formula is C24H29FN2O4. The van der Waals surface area contributed by atoms with Crippen LogP contribution in [0.5, 0.6) is 5.75 Å². The molecule has 1 saturated heterocycles. The van der Waals surface area contributed by atoms with Gasteiger partial charge in [0.2, 0.25) is 5.76 Å². The summed E-state index contributed by atoms with van der Waals surface area (Å²) in [5, 5.41) is 27.6. The van der Waals surface area contributed by atoms with Crippen molar-refractivity contribution in [3.8, 4) is 5.75 Å². The zero-order chi connectivity index (χ0) is 22.2. The highest BCUT2D eigenvalue weighted by Gasteiger charge is 2.24. The highest BCUT2D eigenvalue weighted by Crippen LogP contribution is 2.27. The SMILES string of the molecule is COC1=CC(CO)=CC=C=C1OCCCN1CCC(C(=N)c2ccc(F)cc2O)CC1. The standard InChI is InChI=1S/C24H29FN2O4/c1-30-23-14-17(16-28)4-2-5-22(23)31-13-3-10-27-11-8-18(9-12-27)24(26)20-7-6-19(25)15-21(20)29/h2,4,6-7,14-15,18,26,28-29H,3,8-13,16H2,1H3. The summed E-state index contributed by atoms with van der Waals surface area (Å²) in [6.45, 7) is 3.05. The average Bonchev–Trinajstić information content (AvgIpc) is 2.98. The van der Waals surface area contributed by atoms with Gasteiger partial charge in [-0.1, -0.05) is 5.73 Å². The topological polar surface area (TPSA) is 86.0 Å². The van der Waals surface area contributed by atoms with Crippen LogP contribution in [0.15, 0.2) is 59.2 Å². The van der Waals surface area contributed by atoms with E-state index in [0.29, 0.717) is 29.4 Å². The molecule has 3 rings (SSSR count). The minimum absolute atomic E-state index is 0.0627. The first-order valence-corrected chi connectivity index (χ1v) is 10.5. The number of aromatic hydroxyl groups is 1. The van der Waals surface area contributed by atoms with Gasteiger partial charge in [0.1, 0.15) is 11.6 Å². The van der Waals surface area contributed by atoms with Gasteiger partial charge in [-0.3, -0.25) is 0 Å². The normalized spacial score (nSPS) is 17.5. The maximum absolute atomic E-state index is 13.2. The molecule has 0 saturated carbocycles. The molecule has 0 radical (unpaired) electrons. The maximum Gasteiger partial charge on any atom is 0.204 e. The monoisotopic (exact) mass is 428 g/mol. The van der Waals surface area contributed by atoms with Crippen molar-refractivity contribution in [1.29, 1.82) is 5.41 Å². The lowest BCUT2D eigenvalue weighted by atomic mass is 9.88. The van der Waals surface area contributed by atoms with Crippen molar-refractivity contribution in [2.45, 2.75) is 19.3 Å². The Morgan fingerprint density at radius 2 is 2.10 bits per heavy atom. The van der Waals surface area contributed by atoms with Gasteiger partial charge in [-0.2, -0.15) is 0 Å². The van der Waals surface area contributed by atoms with E-state index in [1.165, 1.54) is 12.1 Å². The molecule has 0 aromatic heterocycles. The van der Waals surface area contributed by atoms with Crippen molar-refractivity contribution in [3.63, 3.8) is 0 Å². The van der Waals surface area contributed by atoms with E-state index in [9.17, 15) is 14.6 Å². The van der Waals surface area contributed by atoms with E-state index in [1.54, 1.807) is 25.3 Å². The number of nitrogens with zero attached hydrogens (tertiary/aromatic N) is 1. The fraction of sp³-hybridized carbons (Fsp3) is 0.417. The summed E-state index contributed by atoms with van der Waals surface area (Å²) in [4.78, 5) is 2.34. The number of benzene rings is 1. The molecular weight excluding hydrogens is 399 g/mol. The van der Waals surface area contributed by atoms with Crippen molar-refractivity contribution in [2.24, 2.45) is 5.92 Å². The number of phenolic OH excluding ortho intramolecular Hbond substituents is 1. The van der Waals surface area contributed by atoms with Crippen LogP contribution in [0.25, 0.3) is 0 Å². The van der Waals surface area contributed by atoms with Gasteiger partial charge in [-0.05, 0) is 68.3 Å². The van der Waals surface area contributed by atoms with E-state index in [-0.39, 0.29) is 18.3 Å². The smallest absolute Gasteiger partial charge is 0.204 e. The number of hydrogen-bond donors (Lipinski definition) is 3. The van der Waals surface area contributed by atoms with Gasteiger partial charge in [-0.25, -0.2) is 4.39 Å². The molecule has 6 nitrogen and oxygen atoms in total. The van der Waals surface area contributed by atoms with Gasteiger partial charge in [0.15, 0.2) is 5.76 Å². The molecule has 1 aliphatic heterocycles. The summed E-state index contributed by atoms with van der Waals surface area (Å²) in [6, 6.07) is 3.82. The van der Waals surface area contributed by atoms with Crippen LogP contribution in [0.3, 0.4) is 0 Å². The number of methoxy groups -OCH3 is 1. The molecule has 1 fully saturated rings. The fourth-order valence-electron chi connectivity index (χ4n) is 3.80. The Labute approximate surface area is 182 Å². The number of ether oxygens (including phenoxy) is 2. The summed E-state index contributed by atoms with van der Waals surface area (Å²) >= 11 is 0. The Balaban J connectivity index is 1.42. The Morgan fingerprint density at radius 3 is 2.77 bits per heavy atom. The number of phenols is 1. The minimum Gasteiger partial charge on any atom is -0.507 e. The second-order valence-electron chi connectivity index (χ2n) is 7.65. The molecule has 1 aliphatic carbocycles. The largest absolute Gasteiger partial charge is 0.507 e. The quantitative estimate of drug-likeness (QED) is 0.318. The summed E-state index contributed by atoms with van der Waals surface area (Å²) < 4.78 is 24.4. The molecule has 7 heteroatoms. The summed E-state index contributed by atoms with van der Waals surface area (Å²) in [5.74, 6) is 0.454. The molecule has 0 spiro atoms. The van der Waals surface area contributed by atoms with Crippen LogP contribution in [0.1, 0.15) is 24.8 Å². The van der Waals surface area contributed by atoms with Gasteiger partial charge in [0, 0.05) is 29.8 Å². The summed E-state index contributed by atoms with van der Waals surface area (Å²) in [6.07, 6.45) is 7.71. The Bertz CT molecular complexity index is 924. The summed E-state index contributed by atoms with van der Waals surface area (Å²) in [7, 11) is 1.56. The lowest BCUT2D eigenvalue weighted by molar-refractivity contribution is 0.149. The second-order valence-corrected chi connectivity index (χ2v) is 7.65. The molecule has 1 aromatic carbocycles. The van der Waals surface area contributed by atoms with E-state index in [2.05, 4.69) is 10.6 Å². The predicted molar refractivity (Wildman–Crippen MR) is 116 cm³/mol. The third kappa shape index (κ3) is 6.07. The number of nitrogens with one attached hydrogen (secondary N) is 1. The molecule has 0 bridgehead atoms. The molecule has 1 heterocycles. The van der Waals surface area contributed by atoms with Gasteiger partial charge in [0.05, 0.1) is 20.3 Å². The van der Waals surface area contributed by atoms with Gasteiger partial charge in [0.25, 0.3) is 0 Å². The fourth-order valence-corrected chi connectivity index (χ4v) is 3.80. The predicted octanol–water partition coefficient (Wildman–Crippen LogP) is 3.52. The molecule has 0 amide bonds. The first-order chi connectivity index (χ1) is 15.0. The number of aliphatic hydroxyl groups excluding tert-OH is 1. The lowest BCUT2D eigenvalue weighted by Gasteiger charge is -2.32. The lowest BCUT2D eigenvalue weighted by Crippen LogP contribution is -2.37. The highest BCUT2D eigenvalue weighted by molar-refractivity contribution is 6.02. The number of piperidine rings is 1. The Kier molecular flexibility index (Phi) is 8.06. The van der Waals surface area contributed by atoms with E-state index < -0.39 is 5.82 Å². The molecule has 1 aromatic rings. The first kappa shape index (κ1) is 22.8. The van der Waals surface area contributed by atoms with E-state index in [0.717, 1.165) is 50.5 Å². The van der Waals surface area contributed by atoms with Crippen LogP contribution < -0.4 is 0 Å². The molecule has 166 valence electrons. The van der Waals surface area contributed by atoms with E-state index >= 15 is 0 Å². The number of rotatable bonds is 9. The zero-order valence-electron chi connectivity index (χ0n) is 17.7. The van der Waals surface area contributed by atoms with Crippen LogP contribution in [0.2, 0.25) is 0 Å². The van der Waals surface area contributed by atoms with Gasteiger partial charge >= 0.3 is 0 Å². The third-order valence-corrected chi connectivity index (χ3v) is 5.57. The van der Waals surface area contributed by atoms with E-state index in [4.69, 9.17) is 14.9 Å². The number of likely N-dealkylation sites (tertiary alicyclic amines) is 1. The number of allylic oxidation sites excluding steroid dienone is 1. The molecule has 2 aliphatic rings. The highest BCUT2D eigenvalue weighted by atomic mass is 19.1. The molecule has 0 atom stereocenters. The molecule has 3 N–H and O–H groups in total. The number of hydrogen-bond acceptors (Lipinski definition) is 6. The molecule has 0 unspecified atom stereocenters. The van der Waals surface area contributed by atoms with Crippen molar-refractivity contribution >= 4 is 5.71 Å². The van der Waals surface area contributed by atoms with Crippen molar-refractivity contribution < 1.29 is 24.1 Å². The Hall–Kier alpha value is -2.86. The summed E-state index contributed by atoms with van der Waals surface area (Å²) in [5.41, 5.74) is 4.55. The van der Waals surface area contributed by atoms with Crippen molar-refractivity contribution in [3.05, 3.63) is 70.6 Å². The van der Waals surface area contributed by atoms with Crippen LogP contribution >= 0.6 is 0 Å². The van der Waals surface area contributed by atoms with Crippen LogP contribution in [-0.4, -0.2) is 60.8 Å². The number of aliphatic hydroxyl groups is 1. The first-order valence-electron chi connectivity index (χ1n) is 10.5. The zero-order valence-corrected chi connectivity index (χ0v) is 17.7. The Morgan fingerprint density at radius 1 is 1.32 bits per heavy atom. The van der Waals surface area contributed by atoms with Crippen LogP contribution in [-0.2, 0) is 9.47 Å². The van der Waals surface area contributed by atoms with Crippen LogP contribution in [0.4, 0.5) is 4.39 Å². The third-order valence-electron chi connectivity index (χ3n) is 5.57. The van der Waals surface area contributed by atoms with Gasteiger partial charge in [-0.15, -0.1) is 0 Å². The molecule has 31 heavy (non-hydrogen) atoms.